The molecule has 6 heteroatoms. The number of nitrogens with zero attached hydrogens (tertiary/aromatic N) is 2. The minimum absolute atomic E-state index is 0.0259. The fourth-order valence-electron chi connectivity index (χ4n) is 3.45. The van der Waals surface area contributed by atoms with Crippen LogP contribution in [0.4, 0.5) is 14.6 Å². The Morgan fingerprint density at radius 1 is 1.25 bits per heavy atom. The van der Waals surface area contributed by atoms with Gasteiger partial charge >= 0.3 is 0 Å². The largest absolute Gasteiger partial charge is 0.489 e. The molecular weight excluding hydrogens is 362 g/mol. The lowest BCUT2D eigenvalue weighted by Crippen LogP contribution is -2.25. The molecular formula is C22H26F2N2O2. The van der Waals surface area contributed by atoms with Crippen LogP contribution in [-0.2, 0) is 4.79 Å². The zero-order chi connectivity index (χ0) is 20.1. The number of Topliss-reactive ketones (excluding diaryl/α,β-unsaturated/α-hetero) is 1. The Kier molecular flexibility index (Phi) is 6.60. The number of ether oxygens (including phenoxy) is 1. The number of benzene rings is 1. The van der Waals surface area contributed by atoms with Gasteiger partial charge in [-0.2, -0.15) is 0 Å². The first-order chi connectivity index (χ1) is 13.5. The normalized spacial score (nSPS) is 17.8. The summed E-state index contributed by atoms with van der Waals surface area (Å²) in [6.07, 6.45) is -0.342. The first-order valence-electron chi connectivity index (χ1n) is 9.77. The Balaban J connectivity index is 1.58. The first-order valence-corrected chi connectivity index (χ1v) is 9.77. The van der Waals surface area contributed by atoms with Crippen LogP contribution in [0, 0.1) is 0 Å². The highest BCUT2D eigenvalue weighted by Crippen LogP contribution is 2.26. The summed E-state index contributed by atoms with van der Waals surface area (Å²) in [5.74, 6) is 1.45. The van der Waals surface area contributed by atoms with Gasteiger partial charge in [0.1, 0.15) is 29.1 Å². The molecule has 1 aromatic carbocycles. The van der Waals surface area contributed by atoms with Crippen LogP contribution >= 0.6 is 0 Å². The fourth-order valence-corrected chi connectivity index (χ4v) is 3.45. The number of rotatable bonds is 8. The second-order valence-electron chi connectivity index (χ2n) is 7.20. The summed E-state index contributed by atoms with van der Waals surface area (Å²) >= 11 is 0. The molecule has 1 aromatic heterocycles. The maximum Gasteiger partial charge on any atom is 0.280 e. The van der Waals surface area contributed by atoms with Gasteiger partial charge in [0.25, 0.3) is 6.43 Å². The van der Waals surface area contributed by atoms with Gasteiger partial charge < -0.3 is 9.64 Å². The zero-order valence-corrected chi connectivity index (χ0v) is 16.3. The number of carbonyl (C=O) groups excluding carboxylic acids is 1. The third kappa shape index (κ3) is 4.86. The number of alkyl halides is 2. The van der Waals surface area contributed by atoms with Crippen molar-refractivity contribution in [1.29, 1.82) is 0 Å². The lowest BCUT2D eigenvalue weighted by atomic mass is 9.94. The van der Waals surface area contributed by atoms with Gasteiger partial charge in [-0.15, -0.1) is 0 Å². The van der Waals surface area contributed by atoms with Crippen LogP contribution in [0.25, 0.3) is 0 Å². The van der Waals surface area contributed by atoms with Gasteiger partial charge in [0.05, 0.1) is 6.54 Å². The first kappa shape index (κ1) is 20.2. The van der Waals surface area contributed by atoms with E-state index >= 15 is 0 Å². The summed E-state index contributed by atoms with van der Waals surface area (Å²) in [4.78, 5) is 18.1. The van der Waals surface area contributed by atoms with Crippen molar-refractivity contribution in [3.8, 4) is 5.75 Å². The molecule has 2 aromatic rings. The molecule has 1 aliphatic rings. The van der Waals surface area contributed by atoms with Crippen molar-refractivity contribution in [3.63, 3.8) is 0 Å². The summed E-state index contributed by atoms with van der Waals surface area (Å²) in [6.45, 7) is 5.26. The number of ketones is 1. The van der Waals surface area contributed by atoms with E-state index in [1.807, 2.05) is 43.0 Å². The molecule has 0 radical (unpaired) electrons. The topological polar surface area (TPSA) is 42.4 Å². The molecule has 1 unspecified atom stereocenters. The van der Waals surface area contributed by atoms with E-state index < -0.39 is 6.43 Å². The van der Waals surface area contributed by atoms with E-state index in [0.717, 1.165) is 24.2 Å². The quantitative estimate of drug-likeness (QED) is 0.627. The maximum absolute atomic E-state index is 12.9. The molecule has 150 valence electrons. The van der Waals surface area contributed by atoms with E-state index in [9.17, 15) is 13.6 Å². The van der Waals surface area contributed by atoms with Crippen molar-refractivity contribution in [3.05, 3.63) is 53.7 Å². The third-order valence-corrected chi connectivity index (χ3v) is 5.11. The molecule has 28 heavy (non-hydrogen) atoms. The van der Waals surface area contributed by atoms with Gasteiger partial charge in [0.2, 0.25) is 0 Å². The number of halogens is 2. The minimum Gasteiger partial charge on any atom is -0.489 e. The van der Waals surface area contributed by atoms with Crippen molar-refractivity contribution in [2.24, 2.45) is 0 Å². The Labute approximate surface area is 164 Å². The van der Waals surface area contributed by atoms with E-state index in [4.69, 9.17) is 4.74 Å². The number of pyridine rings is 1. The molecule has 2 atom stereocenters. The highest BCUT2D eigenvalue weighted by Gasteiger charge is 2.26. The second kappa shape index (κ2) is 9.13. The van der Waals surface area contributed by atoms with Gasteiger partial charge in [0, 0.05) is 25.3 Å². The summed E-state index contributed by atoms with van der Waals surface area (Å²) < 4.78 is 31.8. The van der Waals surface area contributed by atoms with Crippen LogP contribution in [0.15, 0.2) is 42.5 Å². The monoisotopic (exact) mass is 388 g/mol. The van der Waals surface area contributed by atoms with E-state index in [1.54, 1.807) is 12.1 Å². The van der Waals surface area contributed by atoms with E-state index in [1.165, 1.54) is 6.07 Å². The molecule has 1 saturated heterocycles. The van der Waals surface area contributed by atoms with Crippen molar-refractivity contribution >= 4 is 11.6 Å². The molecule has 0 aliphatic carbocycles. The second-order valence-corrected chi connectivity index (χ2v) is 7.20. The van der Waals surface area contributed by atoms with Crippen LogP contribution in [0.2, 0.25) is 0 Å². The van der Waals surface area contributed by atoms with Crippen molar-refractivity contribution < 1.29 is 18.3 Å². The molecule has 0 N–H and O–H groups in total. The van der Waals surface area contributed by atoms with Crippen LogP contribution < -0.4 is 9.64 Å². The van der Waals surface area contributed by atoms with E-state index in [0.29, 0.717) is 25.3 Å². The highest BCUT2D eigenvalue weighted by atomic mass is 19.3. The number of hydrogen-bond donors (Lipinski definition) is 0. The van der Waals surface area contributed by atoms with Crippen LogP contribution in [0.1, 0.15) is 56.7 Å². The van der Waals surface area contributed by atoms with Gasteiger partial charge in [-0.25, -0.2) is 13.8 Å². The minimum atomic E-state index is -2.57. The van der Waals surface area contributed by atoms with Crippen LogP contribution in [-0.4, -0.2) is 30.0 Å². The third-order valence-electron chi connectivity index (χ3n) is 5.11. The standard InChI is InChI=1S/C22H26F2N2O2/c1-3-5-20(27)15(2)16-8-10-17(11-9-16)28-18-12-13-26(14-18)21-7-4-6-19(25-21)22(23)24/h4,6-11,15,18,22H,3,5,12-14H2,1-2H3/t15?,18-/m1/s1. The van der Waals surface area contributed by atoms with Gasteiger partial charge in [-0.05, 0) is 36.2 Å². The predicted molar refractivity (Wildman–Crippen MR) is 105 cm³/mol. The molecule has 0 saturated carbocycles. The Morgan fingerprint density at radius 2 is 2.00 bits per heavy atom. The van der Waals surface area contributed by atoms with Gasteiger partial charge in [-0.3, -0.25) is 4.79 Å². The van der Waals surface area contributed by atoms with Crippen LogP contribution in [0.5, 0.6) is 5.75 Å². The summed E-state index contributed by atoms with van der Waals surface area (Å²) in [7, 11) is 0. The molecule has 0 bridgehead atoms. The molecule has 0 amide bonds. The maximum atomic E-state index is 12.9. The number of aromatic nitrogens is 1. The number of hydrogen-bond acceptors (Lipinski definition) is 4. The molecule has 3 rings (SSSR count). The average Bonchev–Trinajstić information content (AvgIpc) is 3.17. The van der Waals surface area contributed by atoms with E-state index in [2.05, 4.69) is 4.98 Å². The average molecular weight is 388 g/mol. The fraction of sp³-hybridized carbons (Fsp3) is 0.455. The van der Waals surface area contributed by atoms with Crippen LogP contribution in [0.3, 0.4) is 0 Å². The van der Waals surface area contributed by atoms with Crippen molar-refractivity contribution in [2.75, 3.05) is 18.0 Å². The SMILES string of the molecule is CCCC(=O)C(C)c1ccc(O[C@@H]2CCN(c3cccc(C(F)F)n3)C2)cc1. The lowest BCUT2D eigenvalue weighted by molar-refractivity contribution is -0.120. The van der Waals surface area contributed by atoms with Gasteiger partial charge in [-0.1, -0.05) is 32.0 Å². The lowest BCUT2D eigenvalue weighted by Gasteiger charge is -2.19. The Morgan fingerprint density at radius 3 is 2.68 bits per heavy atom. The van der Waals surface area contributed by atoms with Gasteiger partial charge in [0.15, 0.2) is 0 Å². The van der Waals surface area contributed by atoms with Crippen molar-refractivity contribution in [2.45, 2.75) is 51.6 Å². The molecule has 0 spiro atoms. The van der Waals surface area contributed by atoms with E-state index in [-0.39, 0.29) is 23.5 Å². The number of anilines is 1. The zero-order valence-electron chi connectivity index (χ0n) is 16.3. The molecule has 4 nitrogen and oxygen atoms in total. The predicted octanol–water partition coefficient (Wildman–Crippen LogP) is 5.15. The smallest absolute Gasteiger partial charge is 0.280 e. The molecule has 2 heterocycles. The molecule has 1 aliphatic heterocycles. The summed E-state index contributed by atoms with van der Waals surface area (Å²) in [5, 5.41) is 0. The molecule has 1 fully saturated rings. The Bertz CT molecular complexity index is 795. The number of carbonyl (C=O) groups is 1. The summed E-state index contributed by atoms with van der Waals surface area (Å²) in [5.41, 5.74) is 0.788. The highest BCUT2D eigenvalue weighted by molar-refractivity contribution is 5.85. The Hall–Kier alpha value is -2.50. The summed E-state index contributed by atoms with van der Waals surface area (Å²) in [6, 6.07) is 12.4. The van der Waals surface area contributed by atoms with Crippen molar-refractivity contribution in [1.82, 2.24) is 4.98 Å².